The zero-order chi connectivity index (χ0) is 11.9. The van der Waals surface area contributed by atoms with Crippen molar-refractivity contribution in [2.75, 3.05) is 19.6 Å². The Morgan fingerprint density at radius 3 is 2.60 bits per heavy atom. The lowest BCUT2D eigenvalue weighted by molar-refractivity contribution is -0.120. The Bertz CT molecular complexity index is 217. The molecule has 0 aliphatic rings. The van der Waals surface area contributed by atoms with E-state index >= 15 is 0 Å². The van der Waals surface area contributed by atoms with Gasteiger partial charge in [0, 0.05) is 6.54 Å². The number of amides is 1. The molecule has 0 spiro atoms. The molecule has 0 saturated heterocycles. The van der Waals surface area contributed by atoms with Gasteiger partial charge in [-0.05, 0) is 24.3 Å². The van der Waals surface area contributed by atoms with E-state index in [2.05, 4.69) is 31.3 Å². The lowest BCUT2D eigenvalue weighted by Crippen LogP contribution is -2.36. The highest BCUT2D eigenvalue weighted by atomic mass is 16.3. The molecule has 0 aromatic heterocycles. The Labute approximate surface area is 90.8 Å². The largest absolute Gasteiger partial charge is 0.354 e. The summed E-state index contributed by atoms with van der Waals surface area (Å²) in [5.41, 5.74) is 5.54. The molecule has 0 aromatic rings. The summed E-state index contributed by atoms with van der Waals surface area (Å²) in [5, 5.41) is 5.21. The minimum Gasteiger partial charge on any atom is -0.354 e. The van der Waals surface area contributed by atoms with Crippen LogP contribution in [0.15, 0.2) is 5.18 Å². The number of rotatable bonds is 7. The maximum absolute atomic E-state index is 11.0. The minimum absolute atomic E-state index is 0.00265. The fourth-order valence-electron chi connectivity index (χ4n) is 1.55. The second-order valence-corrected chi connectivity index (χ2v) is 4.77. The van der Waals surface area contributed by atoms with Gasteiger partial charge < -0.3 is 11.1 Å². The van der Waals surface area contributed by atoms with Gasteiger partial charge in [-0.1, -0.05) is 25.9 Å². The van der Waals surface area contributed by atoms with Crippen LogP contribution in [0.25, 0.3) is 0 Å². The minimum atomic E-state index is -0.321. The Kier molecular flexibility index (Phi) is 6.08. The zero-order valence-electron chi connectivity index (χ0n) is 9.75. The summed E-state index contributed by atoms with van der Waals surface area (Å²) in [5.74, 6) is 0.111. The number of nitrogens with one attached hydrogen (secondary N) is 1. The number of hydrogen-bond acceptors (Lipinski definition) is 4. The van der Waals surface area contributed by atoms with Crippen molar-refractivity contribution in [3.8, 4) is 0 Å². The van der Waals surface area contributed by atoms with Crippen molar-refractivity contribution in [1.82, 2.24) is 5.32 Å². The van der Waals surface area contributed by atoms with Gasteiger partial charge >= 0.3 is 0 Å². The van der Waals surface area contributed by atoms with E-state index in [4.69, 9.17) is 5.73 Å². The lowest BCUT2D eigenvalue weighted by atomic mass is 9.83. The van der Waals surface area contributed by atoms with Crippen LogP contribution in [0.5, 0.6) is 0 Å². The van der Waals surface area contributed by atoms with E-state index in [0.29, 0.717) is 19.0 Å². The van der Waals surface area contributed by atoms with Gasteiger partial charge in [0.2, 0.25) is 5.91 Å². The van der Waals surface area contributed by atoms with Crippen molar-refractivity contribution >= 4 is 5.91 Å². The monoisotopic (exact) mass is 215 g/mol. The summed E-state index contributed by atoms with van der Waals surface area (Å²) >= 11 is 0. The van der Waals surface area contributed by atoms with Gasteiger partial charge in [0.1, 0.15) is 0 Å². The highest BCUT2D eigenvalue weighted by Gasteiger charge is 2.21. The first kappa shape index (κ1) is 14.0. The number of carbonyl (C=O) groups is 1. The summed E-state index contributed by atoms with van der Waals surface area (Å²) < 4.78 is 0. The quantitative estimate of drug-likeness (QED) is 0.618. The van der Waals surface area contributed by atoms with Gasteiger partial charge in [-0.25, -0.2) is 0 Å². The van der Waals surface area contributed by atoms with Crippen molar-refractivity contribution < 1.29 is 4.79 Å². The predicted molar refractivity (Wildman–Crippen MR) is 60.3 cm³/mol. The highest BCUT2D eigenvalue weighted by Crippen LogP contribution is 2.23. The first-order valence-corrected chi connectivity index (χ1v) is 5.17. The van der Waals surface area contributed by atoms with Crippen molar-refractivity contribution in [1.29, 1.82) is 0 Å². The molecule has 0 rings (SSSR count). The molecule has 5 heteroatoms. The Hall–Kier alpha value is -0.970. The molecule has 3 N–H and O–H groups in total. The molecule has 0 saturated carbocycles. The maximum Gasteiger partial charge on any atom is 0.245 e. The van der Waals surface area contributed by atoms with Crippen LogP contribution in [-0.2, 0) is 4.79 Å². The van der Waals surface area contributed by atoms with Gasteiger partial charge in [0.05, 0.1) is 0 Å². The van der Waals surface area contributed by atoms with E-state index in [1.54, 1.807) is 0 Å². The molecule has 0 aliphatic carbocycles. The zero-order valence-corrected chi connectivity index (χ0v) is 9.75. The first-order valence-electron chi connectivity index (χ1n) is 5.17. The lowest BCUT2D eigenvalue weighted by Gasteiger charge is -2.27. The van der Waals surface area contributed by atoms with Crippen molar-refractivity contribution in [2.45, 2.75) is 27.2 Å². The van der Waals surface area contributed by atoms with E-state index in [9.17, 15) is 9.70 Å². The fourth-order valence-corrected chi connectivity index (χ4v) is 1.55. The average Bonchev–Trinajstić information content (AvgIpc) is 2.15. The van der Waals surface area contributed by atoms with E-state index in [0.717, 1.165) is 6.42 Å². The summed E-state index contributed by atoms with van der Waals surface area (Å²) in [6, 6.07) is 0. The number of carbonyl (C=O) groups excluding carboxylic acids is 1. The van der Waals surface area contributed by atoms with Gasteiger partial charge in [0.15, 0.2) is 6.54 Å². The molecule has 0 heterocycles. The Morgan fingerprint density at radius 1 is 1.53 bits per heavy atom. The normalized spacial score (nSPS) is 13.3. The molecule has 15 heavy (non-hydrogen) atoms. The highest BCUT2D eigenvalue weighted by molar-refractivity contribution is 5.78. The van der Waals surface area contributed by atoms with Crippen LogP contribution in [0.1, 0.15) is 27.2 Å². The van der Waals surface area contributed by atoms with Gasteiger partial charge in [-0.2, -0.15) is 4.91 Å². The topological polar surface area (TPSA) is 84.5 Å². The maximum atomic E-state index is 11.0. The van der Waals surface area contributed by atoms with Crippen LogP contribution < -0.4 is 11.1 Å². The molecule has 0 radical (unpaired) electrons. The van der Waals surface area contributed by atoms with Crippen LogP contribution >= 0.6 is 0 Å². The second kappa shape index (κ2) is 6.50. The molecule has 88 valence electrons. The predicted octanol–water partition coefficient (Wildman–Crippen LogP) is 0.880. The number of nitrogens with two attached hydrogens (primary N) is 1. The fraction of sp³-hybridized carbons (Fsp3) is 0.900. The van der Waals surface area contributed by atoms with E-state index in [1.807, 2.05) is 0 Å². The molecule has 5 nitrogen and oxygen atoms in total. The van der Waals surface area contributed by atoms with Crippen LogP contribution in [-0.4, -0.2) is 25.5 Å². The first-order chi connectivity index (χ1) is 6.91. The summed E-state index contributed by atoms with van der Waals surface area (Å²) in [6.07, 6.45) is 0.943. The smallest absolute Gasteiger partial charge is 0.245 e. The second-order valence-electron chi connectivity index (χ2n) is 4.77. The number of nitroso groups, excluding NO2 is 1. The molecule has 0 bridgehead atoms. The average molecular weight is 215 g/mol. The third kappa shape index (κ3) is 7.02. The van der Waals surface area contributed by atoms with Crippen molar-refractivity contribution in [3.05, 3.63) is 4.91 Å². The number of hydrogen-bond donors (Lipinski definition) is 2. The van der Waals surface area contributed by atoms with Crippen molar-refractivity contribution in [3.63, 3.8) is 0 Å². The van der Waals surface area contributed by atoms with E-state index in [-0.39, 0.29) is 17.9 Å². The summed E-state index contributed by atoms with van der Waals surface area (Å²) in [6.45, 7) is 7.10. The molecule has 0 aliphatic heterocycles. The Morgan fingerprint density at radius 2 is 2.13 bits per heavy atom. The third-order valence-electron chi connectivity index (χ3n) is 2.28. The van der Waals surface area contributed by atoms with Crippen molar-refractivity contribution in [2.24, 2.45) is 22.2 Å². The molecular formula is C10H21N3O2. The molecule has 1 amide bonds. The van der Waals surface area contributed by atoms with Gasteiger partial charge in [-0.15, -0.1) is 0 Å². The molecular weight excluding hydrogens is 194 g/mol. The SMILES string of the molecule is CC(CN)CC(C)(C)CNC(=O)CN=O. The van der Waals surface area contributed by atoms with Crippen LogP contribution in [0, 0.1) is 16.2 Å². The molecule has 1 unspecified atom stereocenters. The van der Waals surface area contributed by atoms with E-state index < -0.39 is 0 Å². The standard InChI is InChI=1S/C10H21N3O2/c1-8(5-11)4-10(2,3)7-12-9(14)6-13-15/h8H,4-7,11H2,1-3H3,(H,12,14). The van der Waals surface area contributed by atoms with E-state index in [1.165, 1.54) is 0 Å². The van der Waals surface area contributed by atoms with Crippen LogP contribution in [0.3, 0.4) is 0 Å². The van der Waals surface area contributed by atoms with Crippen LogP contribution in [0.4, 0.5) is 0 Å². The molecule has 0 fully saturated rings. The van der Waals surface area contributed by atoms with Gasteiger partial charge in [0.25, 0.3) is 0 Å². The summed E-state index contributed by atoms with van der Waals surface area (Å²) in [7, 11) is 0. The number of nitrogens with zero attached hydrogens (tertiary/aromatic N) is 1. The summed E-state index contributed by atoms with van der Waals surface area (Å²) in [4.78, 5) is 20.9. The molecule has 0 aromatic carbocycles. The van der Waals surface area contributed by atoms with Crippen LogP contribution in [0.2, 0.25) is 0 Å². The third-order valence-corrected chi connectivity index (χ3v) is 2.28. The Balaban J connectivity index is 3.92. The van der Waals surface area contributed by atoms with Gasteiger partial charge in [-0.3, -0.25) is 4.79 Å². The molecule has 1 atom stereocenters.